The van der Waals surface area contributed by atoms with Crippen LogP contribution in [0.1, 0.15) is 26.4 Å². The molecule has 0 radical (unpaired) electrons. The molecular formula is C18H14BrNO3. The molecule has 4 nitrogen and oxygen atoms in total. The van der Waals surface area contributed by atoms with Crippen LogP contribution in [0, 0.1) is 6.92 Å². The molecule has 5 heteroatoms. The number of ketones is 1. The summed E-state index contributed by atoms with van der Waals surface area (Å²) in [7, 11) is 0. The molecule has 0 spiro atoms. The predicted octanol–water partition coefficient (Wildman–Crippen LogP) is 4.28. The van der Waals surface area contributed by atoms with Gasteiger partial charge in [0, 0.05) is 26.6 Å². The molecule has 0 saturated heterocycles. The summed E-state index contributed by atoms with van der Waals surface area (Å²) in [5, 5.41) is 0.841. The van der Waals surface area contributed by atoms with E-state index in [-0.39, 0.29) is 12.4 Å². The third-order valence-electron chi connectivity index (χ3n) is 3.57. The molecule has 1 aromatic heterocycles. The van der Waals surface area contributed by atoms with Gasteiger partial charge in [-0.25, -0.2) is 4.79 Å². The first-order valence-corrected chi connectivity index (χ1v) is 7.89. The summed E-state index contributed by atoms with van der Waals surface area (Å²) < 4.78 is 5.93. The molecule has 23 heavy (non-hydrogen) atoms. The highest BCUT2D eigenvalue weighted by Crippen LogP contribution is 2.22. The minimum Gasteiger partial charge on any atom is -0.454 e. The van der Waals surface area contributed by atoms with Gasteiger partial charge in [0.2, 0.25) is 5.78 Å². The maximum absolute atomic E-state index is 12.4. The molecule has 3 aromatic rings. The van der Waals surface area contributed by atoms with Gasteiger partial charge in [-0.15, -0.1) is 0 Å². The van der Waals surface area contributed by atoms with Crippen LogP contribution in [0.25, 0.3) is 10.9 Å². The van der Waals surface area contributed by atoms with E-state index in [0.717, 1.165) is 21.1 Å². The number of H-pyrrole nitrogens is 1. The number of halogens is 1. The van der Waals surface area contributed by atoms with Crippen molar-refractivity contribution in [2.75, 3.05) is 6.61 Å². The minimum atomic E-state index is -0.517. The van der Waals surface area contributed by atoms with Crippen molar-refractivity contribution in [3.8, 4) is 0 Å². The first-order valence-electron chi connectivity index (χ1n) is 7.09. The van der Waals surface area contributed by atoms with Crippen molar-refractivity contribution in [1.82, 2.24) is 4.98 Å². The zero-order valence-corrected chi connectivity index (χ0v) is 14.0. The van der Waals surface area contributed by atoms with Crippen LogP contribution in [0.2, 0.25) is 0 Å². The van der Waals surface area contributed by atoms with Crippen LogP contribution in [-0.2, 0) is 4.74 Å². The quantitative estimate of drug-likeness (QED) is 0.549. The van der Waals surface area contributed by atoms with Crippen molar-refractivity contribution in [2.24, 2.45) is 0 Å². The van der Waals surface area contributed by atoms with Crippen LogP contribution >= 0.6 is 15.9 Å². The maximum atomic E-state index is 12.4. The zero-order chi connectivity index (χ0) is 16.4. The van der Waals surface area contributed by atoms with Gasteiger partial charge in [-0.05, 0) is 31.2 Å². The Morgan fingerprint density at radius 3 is 2.70 bits per heavy atom. The van der Waals surface area contributed by atoms with Crippen molar-refractivity contribution >= 4 is 38.6 Å². The van der Waals surface area contributed by atoms with E-state index in [0.29, 0.717) is 11.1 Å². The Balaban J connectivity index is 1.76. The van der Waals surface area contributed by atoms with Crippen molar-refractivity contribution in [1.29, 1.82) is 0 Å². The predicted molar refractivity (Wildman–Crippen MR) is 91.8 cm³/mol. The molecule has 2 aromatic carbocycles. The highest BCUT2D eigenvalue weighted by molar-refractivity contribution is 9.10. The monoisotopic (exact) mass is 371 g/mol. The van der Waals surface area contributed by atoms with E-state index in [9.17, 15) is 9.59 Å². The van der Waals surface area contributed by atoms with Crippen LogP contribution in [0.4, 0.5) is 0 Å². The van der Waals surface area contributed by atoms with Crippen molar-refractivity contribution in [3.63, 3.8) is 0 Å². The molecule has 0 unspecified atom stereocenters. The topological polar surface area (TPSA) is 59.2 Å². The number of hydrogen-bond donors (Lipinski definition) is 1. The summed E-state index contributed by atoms with van der Waals surface area (Å²) in [5.41, 5.74) is 2.65. The number of Topliss-reactive ketones (excluding diaryl/α,β-unsaturated/α-hetero) is 1. The lowest BCUT2D eigenvalue weighted by atomic mass is 10.1. The van der Waals surface area contributed by atoms with Crippen molar-refractivity contribution < 1.29 is 14.3 Å². The van der Waals surface area contributed by atoms with E-state index in [1.54, 1.807) is 18.2 Å². The van der Waals surface area contributed by atoms with Crippen LogP contribution in [0.5, 0.6) is 0 Å². The first kappa shape index (κ1) is 15.5. The third-order valence-corrected chi connectivity index (χ3v) is 4.06. The number of benzene rings is 2. The summed E-state index contributed by atoms with van der Waals surface area (Å²) in [6.45, 7) is 1.55. The van der Waals surface area contributed by atoms with Gasteiger partial charge in [-0.2, -0.15) is 0 Å². The Kier molecular flexibility index (Phi) is 4.30. The number of esters is 1. The zero-order valence-electron chi connectivity index (χ0n) is 12.4. The number of nitrogens with one attached hydrogen (secondary N) is 1. The Hall–Kier alpha value is -2.40. The molecule has 116 valence electrons. The SMILES string of the molecule is Cc1[nH]c2ccccc2c1C(=O)COC(=O)c1cccc(Br)c1. The summed E-state index contributed by atoms with van der Waals surface area (Å²) in [6.07, 6.45) is 0. The van der Waals surface area contributed by atoms with Gasteiger partial charge in [-0.1, -0.05) is 40.2 Å². The largest absolute Gasteiger partial charge is 0.454 e. The number of aromatic nitrogens is 1. The summed E-state index contributed by atoms with van der Waals surface area (Å²) in [4.78, 5) is 27.6. The minimum absolute atomic E-state index is 0.219. The number of hydrogen-bond acceptors (Lipinski definition) is 3. The van der Waals surface area contributed by atoms with Gasteiger partial charge in [0.1, 0.15) is 0 Å². The van der Waals surface area contributed by atoms with Crippen molar-refractivity contribution in [2.45, 2.75) is 6.92 Å². The van der Waals surface area contributed by atoms with Gasteiger partial charge in [0.05, 0.1) is 5.56 Å². The fourth-order valence-electron chi connectivity index (χ4n) is 2.54. The Morgan fingerprint density at radius 1 is 1.13 bits per heavy atom. The van der Waals surface area contributed by atoms with E-state index in [1.165, 1.54) is 0 Å². The summed E-state index contributed by atoms with van der Waals surface area (Å²) in [6, 6.07) is 14.4. The molecule has 0 saturated carbocycles. The Labute approximate surface area is 141 Å². The normalized spacial score (nSPS) is 10.7. The highest BCUT2D eigenvalue weighted by Gasteiger charge is 2.18. The third kappa shape index (κ3) is 3.19. The Morgan fingerprint density at radius 2 is 1.91 bits per heavy atom. The molecule has 3 rings (SSSR count). The number of aromatic amines is 1. The average Bonchev–Trinajstić information content (AvgIpc) is 2.88. The molecular weight excluding hydrogens is 358 g/mol. The molecule has 0 fully saturated rings. The second-order valence-electron chi connectivity index (χ2n) is 5.18. The lowest BCUT2D eigenvalue weighted by molar-refractivity contribution is 0.0475. The summed E-state index contributed by atoms with van der Waals surface area (Å²) >= 11 is 3.30. The van der Waals surface area contributed by atoms with Crippen LogP contribution in [-0.4, -0.2) is 23.3 Å². The molecule has 1 heterocycles. The number of rotatable bonds is 4. The number of aryl methyl sites for hydroxylation is 1. The van der Waals surface area contributed by atoms with Gasteiger partial charge >= 0.3 is 5.97 Å². The summed E-state index contributed by atoms with van der Waals surface area (Å²) in [5.74, 6) is -0.736. The van der Waals surface area contributed by atoms with Gasteiger partial charge < -0.3 is 9.72 Å². The van der Waals surface area contributed by atoms with Crippen LogP contribution < -0.4 is 0 Å². The number of fused-ring (bicyclic) bond motifs is 1. The molecule has 0 bridgehead atoms. The second kappa shape index (κ2) is 6.38. The molecule has 0 atom stereocenters. The number of para-hydroxylation sites is 1. The lowest BCUT2D eigenvalue weighted by Crippen LogP contribution is -2.14. The van der Waals surface area contributed by atoms with E-state index in [2.05, 4.69) is 20.9 Å². The fraction of sp³-hybridized carbons (Fsp3) is 0.111. The standard InChI is InChI=1S/C18H14BrNO3/c1-11-17(14-7-2-3-8-15(14)20-11)16(21)10-23-18(22)12-5-4-6-13(19)9-12/h2-9,20H,10H2,1H3. The maximum Gasteiger partial charge on any atom is 0.338 e. The van der Waals surface area contributed by atoms with Gasteiger partial charge in [0.25, 0.3) is 0 Å². The van der Waals surface area contributed by atoms with E-state index in [1.807, 2.05) is 37.3 Å². The lowest BCUT2D eigenvalue weighted by Gasteiger charge is -2.05. The smallest absolute Gasteiger partial charge is 0.338 e. The van der Waals surface area contributed by atoms with Crippen LogP contribution in [0.3, 0.4) is 0 Å². The van der Waals surface area contributed by atoms with E-state index < -0.39 is 5.97 Å². The molecule has 1 N–H and O–H groups in total. The Bertz CT molecular complexity index is 898. The molecule has 0 amide bonds. The second-order valence-corrected chi connectivity index (χ2v) is 6.10. The van der Waals surface area contributed by atoms with Gasteiger partial charge in [-0.3, -0.25) is 4.79 Å². The average molecular weight is 372 g/mol. The highest BCUT2D eigenvalue weighted by atomic mass is 79.9. The van der Waals surface area contributed by atoms with E-state index >= 15 is 0 Å². The van der Waals surface area contributed by atoms with Gasteiger partial charge in [0.15, 0.2) is 6.61 Å². The van der Waals surface area contributed by atoms with Crippen molar-refractivity contribution in [3.05, 3.63) is 69.8 Å². The first-order chi connectivity index (χ1) is 11.1. The fourth-order valence-corrected chi connectivity index (χ4v) is 2.94. The molecule has 0 aliphatic rings. The number of ether oxygens (including phenoxy) is 1. The number of carbonyl (C=O) groups is 2. The molecule has 0 aliphatic carbocycles. The number of carbonyl (C=O) groups excluding carboxylic acids is 2. The van der Waals surface area contributed by atoms with Crippen LogP contribution in [0.15, 0.2) is 53.0 Å². The van der Waals surface area contributed by atoms with E-state index in [4.69, 9.17) is 4.74 Å². The molecule has 0 aliphatic heterocycles.